The zero-order chi connectivity index (χ0) is 15.4. The van der Waals surface area contributed by atoms with Crippen molar-refractivity contribution in [2.75, 3.05) is 14.1 Å². The van der Waals surface area contributed by atoms with E-state index in [-0.39, 0.29) is 0 Å². The molecule has 0 unspecified atom stereocenters. The third-order valence-electron chi connectivity index (χ3n) is 3.01. The Labute approximate surface area is 137 Å². The van der Waals surface area contributed by atoms with E-state index in [1.54, 1.807) is 0 Å². The smallest absolute Gasteiger partial charge is 0.150 e. The van der Waals surface area contributed by atoms with Crippen molar-refractivity contribution < 1.29 is 4.74 Å². The lowest BCUT2D eigenvalue weighted by Crippen LogP contribution is -2.15. The van der Waals surface area contributed by atoms with Crippen LogP contribution in [-0.4, -0.2) is 19.0 Å². The van der Waals surface area contributed by atoms with Gasteiger partial charge in [-0.15, -0.1) is 25.3 Å². The molecule has 0 atom stereocenters. The minimum Gasteiger partial charge on any atom is -0.460 e. The number of nitrogens with zero attached hydrogens (tertiary/aromatic N) is 1. The second-order valence-corrected chi connectivity index (χ2v) is 6.23. The largest absolute Gasteiger partial charge is 0.460 e. The fraction of sp³-hybridized carbons (Fsp3) is 0.176. The number of hydrogen-bond acceptors (Lipinski definition) is 4. The molecule has 0 bridgehead atoms. The molecule has 1 aromatic carbocycles. The molecule has 110 valence electrons. The predicted molar refractivity (Wildman–Crippen MR) is 96.0 cm³/mol. The van der Waals surface area contributed by atoms with Crippen molar-refractivity contribution in [1.82, 2.24) is 4.90 Å². The van der Waals surface area contributed by atoms with Crippen molar-refractivity contribution >= 4 is 31.3 Å². The molecule has 21 heavy (non-hydrogen) atoms. The van der Waals surface area contributed by atoms with Crippen LogP contribution in [0.4, 0.5) is 0 Å². The van der Waals surface area contributed by atoms with Crippen molar-refractivity contribution in [2.24, 2.45) is 0 Å². The van der Waals surface area contributed by atoms with Crippen LogP contribution in [0.2, 0.25) is 0 Å². The lowest BCUT2D eigenvalue weighted by Gasteiger charge is -2.23. The summed E-state index contributed by atoms with van der Waals surface area (Å²) in [6.07, 6.45) is 5.98. The van der Waals surface area contributed by atoms with Gasteiger partial charge in [0.15, 0.2) is 5.76 Å². The summed E-state index contributed by atoms with van der Waals surface area (Å²) in [6.45, 7) is 1.92. The van der Waals surface area contributed by atoms with Crippen molar-refractivity contribution in [3.8, 4) is 0 Å². The van der Waals surface area contributed by atoms with E-state index in [1.807, 2.05) is 56.3 Å². The van der Waals surface area contributed by atoms with Gasteiger partial charge in [0.05, 0.1) is 5.70 Å². The van der Waals surface area contributed by atoms with Crippen LogP contribution in [0.25, 0.3) is 6.08 Å². The van der Waals surface area contributed by atoms with Crippen LogP contribution in [0.3, 0.4) is 0 Å². The third-order valence-corrected chi connectivity index (χ3v) is 3.53. The van der Waals surface area contributed by atoms with Gasteiger partial charge in [0, 0.05) is 23.9 Å². The number of ether oxygens (including phenoxy) is 1. The van der Waals surface area contributed by atoms with Crippen molar-refractivity contribution in [2.45, 2.75) is 6.92 Å². The van der Waals surface area contributed by atoms with Gasteiger partial charge in [-0.3, -0.25) is 0 Å². The van der Waals surface area contributed by atoms with Crippen molar-refractivity contribution in [3.63, 3.8) is 0 Å². The Morgan fingerprint density at radius 2 is 1.76 bits per heavy atom. The average molecular weight is 317 g/mol. The standard InChI is InChI=1S/C17H19NOS2/c1-12-9-14(17(20)21)11-16(19-12)15(18(2)3)10-13-7-5-4-6-8-13/h4-11,20-21H,1-3H3. The van der Waals surface area contributed by atoms with E-state index in [9.17, 15) is 0 Å². The molecule has 1 heterocycles. The highest BCUT2D eigenvalue weighted by atomic mass is 32.2. The van der Waals surface area contributed by atoms with Gasteiger partial charge in [0.25, 0.3) is 0 Å². The molecule has 0 saturated heterocycles. The summed E-state index contributed by atoms with van der Waals surface area (Å²) in [4.78, 5) is 2.03. The first-order valence-corrected chi connectivity index (χ1v) is 7.51. The second-order valence-electron chi connectivity index (χ2n) is 4.98. The maximum atomic E-state index is 5.87. The van der Waals surface area contributed by atoms with E-state index in [4.69, 9.17) is 4.74 Å². The second kappa shape index (κ2) is 6.96. The van der Waals surface area contributed by atoms with E-state index < -0.39 is 0 Å². The first-order valence-electron chi connectivity index (χ1n) is 6.62. The molecule has 0 radical (unpaired) electrons. The normalized spacial score (nSPS) is 15.1. The molecule has 0 aromatic heterocycles. The van der Waals surface area contributed by atoms with Crippen LogP contribution in [-0.2, 0) is 4.74 Å². The summed E-state index contributed by atoms with van der Waals surface area (Å²) in [5, 5.41) is 0. The van der Waals surface area contributed by atoms with Gasteiger partial charge in [-0.2, -0.15) is 0 Å². The molecule has 4 heteroatoms. The Balaban J connectivity index is 2.45. The fourth-order valence-electron chi connectivity index (χ4n) is 2.02. The van der Waals surface area contributed by atoms with Gasteiger partial charge in [-0.05, 0) is 30.7 Å². The summed E-state index contributed by atoms with van der Waals surface area (Å²) in [7, 11) is 4.00. The SMILES string of the molecule is CC1=CC(=C(S)S)C=C(C(=Cc2ccccc2)N(C)C)O1. The summed E-state index contributed by atoms with van der Waals surface area (Å²) < 4.78 is 6.55. The molecule has 1 aromatic rings. The van der Waals surface area contributed by atoms with Crippen molar-refractivity contribution in [1.29, 1.82) is 0 Å². The zero-order valence-corrected chi connectivity index (χ0v) is 14.2. The van der Waals surface area contributed by atoms with Crippen LogP contribution in [0.15, 0.2) is 69.5 Å². The maximum absolute atomic E-state index is 5.87. The number of allylic oxidation sites excluding steroid dienone is 4. The molecular formula is C17H19NOS2. The Hall–Kier alpha value is -1.52. The molecule has 2 rings (SSSR count). The average Bonchev–Trinajstić information content (AvgIpc) is 2.44. The fourth-order valence-corrected chi connectivity index (χ4v) is 2.28. The molecule has 0 spiro atoms. The molecule has 0 amide bonds. The Kier molecular flexibility index (Phi) is 5.26. The topological polar surface area (TPSA) is 12.5 Å². The first-order chi connectivity index (χ1) is 9.97. The van der Waals surface area contributed by atoms with Gasteiger partial charge in [-0.25, -0.2) is 0 Å². The van der Waals surface area contributed by atoms with Gasteiger partial charge in [-0.1, -0.05) is 30.3 Å². The van der Waals surface area contributed by atoms with Gasteiger partial charge in [0.1, 0.15) is 5.76 Å². The summed E-state index contributed by atoms with van der Waals surface area (Å²) >= 11 is 8.62. The highest BCUT2D eigenvalue weighted by Crippen LogP contribution is 2.29. The number of thiol groups is 2. The minimum atomic E-state index is 0.674. The quantitative estimate of drug-likeness (QED) is 0.798. The number of hydrogen-bond donors (Lipinski definition) is 2. The molecule has 1 aliphatic heterocycles. The summed E-state index contributed by atoms with van der Waals surface area (Å²) in [5.74, 6) is 1.61. The molecule has 0 N–H and O–H groups in total. The lowest BCUT2D eigenvalue weighted by atomic mass is 10.1. The molecule has 0 saturated carbocycles. The van der Waals surface area contributed by atoms with E-state index >= 15 is 0 Å². The summed E-state index contributed by atoms with van der Waals surface area (Å²) in [6, 6.07) is 10.2. The van der Waals surface area contributed by atoms with E-state index in [1.165, 1.54) is 0 Å². The number of likely N-dealkylation sites (N-methyl/N-ethyl adjacent to an activating group) is 1. The van der Waals surface area contributed by atoms with Crippen LogP contribution < -0.4 is 0 Å². The van der Waals surface area contributed by atoms with Crippen LogP contribution in [0.1, 0.15) is 12.5 Å². The van der Waals surface area contributed by atoms with Gasteiger partial charge >= 0.3 is 0 Å². The Bertz CT molecular complexity index is 636. The predicted octanol–water partition coefficient (Wildman–Crippen LogP) is 4.48. The summed E-state index contributed by atoms with van der Waals surface area (Å²) in [5.41, 5.74) is 3.07. The highest BCUT2D eigenvalue weighted by molar-refractivity contribution is 8.05. The molecular weight excluding hydrogens is 298 g/mol. The van der Waals surface area contributed by atoms with Crippen molar-refractivity contribution in [3.05, 3.63) is 75.1 Å². The Morgan fingerprint density at radius 1 is 1.10 bits per heavy atom. The third kappa shape index (κ3) is 4.22. The molecule has 0 aliphatic carbocycles. The van der Waals surface area contributed by atoms with E-state index in [0.29, 0.717) is 4.24 Å². The molecule has 1 aliphatic rings. The molecule has 0 fully saturated rings. The molecule has 2 nitrogen and oxygen atoms in total. The number of rotatable bonds is 3. The van der Waals surface area contributed by atoms with E-state index in [2.05, 4.69) is 43.5 Å². The highest BCUT2D eigenvalue weighted by Gasteiger charge is 2.15. The lowest BCUT2D eigenvalue weighted by molar-refractivity contribution is 0.290. The monoisotopic (exact) mass is 317 g/mol. The van der Waals surface area contributed by atoms with Gasteiger partial charge in [0.2, 0.25) is 0 Å². The maximum Gasteiger partial charge on any atom is 0.150 e. The van der Waals surface area contributed by atoms with Gasteiger partial charge < -0.3 is 9.64 Å². The number of benzene rings is 1. The van der Waals surface area contributed by atoms with Crippen LogP contribution >= 0.6 is 25.3 Å². The minimum absolute atomic E-state index is 0.674. The first kappa shape index (κ1) is 15.9. The van der Waals surface area contributed by atoms with Crippen LogP contribution in [0.5, 0.6) is 0 Å². The van der Waals surface area contributed by atoms with Crippen LogP contribution in [0, 0.1) is 0 Å². The van der Waals surface area contributed by atoms with E-state index in [0.717, 1.165) is 28.4 Å². The zero-order valence-electron chi connectivity index (χ0n) is 12.4. The Morgan fingerprint density at radius 3 is 2.33 bits per heavy atom.